The van der Waals surface area contributed by atoms with Crippen LogP contribution in [0.3, 0.4) is 0 Å². The van der Waals surface area contributed by atoms with Crippen molar-refractivity contribution in [3.05, 3.63) is 182 Å². The molecule has 0 nitrogen and oxygen atoms in total. The minimum absolute atomic E-state index is 1.23. The van der Waals surface area contributed by atoms with Gasteiger partial charge in [-0.25, -0.2) is 0 Å². The van der Waals surface area contributed by atoms with E-state index in [0.29, 0.717) is 0 Å². The molecule has 9 aromatic carbocycles. The third-order valence-corrected chi connectivity index (χ3v) is 9.45. The van der Waals surface area contributed by atoms with E-state index in [2.05, 4.69) is 182 Å². The molecule has 0 heterocycles. The molecule has 0 aliphatic carbocycles. The quantitative estimate of drug-likeness (QED) is 0.143. The summed E-state index contributed by atoms with van der Waals surface area (Å²) in [5.41, 5.74) is 10.0. The first-order chi connectivity index (χ1) is 22.8. The number of hydrogen-bond donors (Lipinski definition) is 0. The molecule has 0 atom stereocenters. The van der Waals surface area contributed by atoms with Gasteiger partial charge in [-0.3, -0.25) is 0 Å². The SMILES string of the molecule is c1ccc(-c2ccc3c(ccc4ccc(-c5c6ccccc6c(-c6ccccc6-c6ccccc6)c6ccccc56)cc43)c2)cc1. The van der Waals surface area contributed by atoms with Crippen LogP contribution < -0.4 is 0 Å². The van der Waals surface area contributed by atoms with E-state index in [1.165, 1.54) is 87.6 Å². The van der Waals surface area contributed by atoms with Crippen molar-refractivity contribution in [1.29, 1.82) is 0 Å². The summed E-state index contributed by atoms with van der Waals surface area (Å²) in [6.45, 7) is 0. The van der Waals surface area contributed by atoms with Crippen LogP contribution in [0.15, 0.2) is 182 Å². The Morgan fingerprint density at radius 1 is 0.217 bits per heavy atom. The molecule has 9 rings (SSSR count). The zero-order chi connectivity index (χ0) is 30.5. The molecule has 0 aliphatic rings. The topological polar surface area (TPSA) is 0 Å². The van der Waals surface area contributed by atoms with Crippen molar-refractivity contribution < 1.29 is 0 Å². The molecular formula is C46H30. The summed E-state index contributed by atoms with van der Waals surface area (Å²) in [5, 5.41) is 10.1. The molecule has 0 aliphatic heterocycles. The second kappa shape index (κ2) is 10.9. The lowest BCUT2D eigenvalue weighted by Gasteiger charge is -2.20. The molecule has 0 amide bonds. The average Bonchev–Trinajstić information content (AvgIpc) is 3.14. The van der Waals surface area contributed by atoms with Gasteiger partial charge in [0.1, 0.15) is 0 Å². The fourth-order valence-corrected chi connectivity index (χ4v) is 7.33. The first kappa shape index (κ1) is 26.4. The summed E-state index contributed by atoms with van der Waals surface area (Å²) in [7, 11) is 0. The van der Waals surface area contributed by atoms with Crippen LogP contribution in [0.5, 0.6) is 0 Å². The lowest BCUT2D eigenvalue weighted by atomic mass is 9.83. The molecular weight excluding hydrogens is 553 g/mol. The summed E-state index contributed by atoms with van der Waals surface area (Å²) >= 11 is 0. The molecule has 0 saturated carbocycles. The zero-order valence-electron chi connectivity index (χ0n) is 25.3. The summed E-state index contributed by atoms with van der Waals surface area (Å²) in [6.07, 6.45) is 0. The Bertz CT molecular complexity index is 2500. The summed E-state index contributed by atoms with van der Waals surface area (Å²) in [5.74, 6) is 0. The standard InChI is InChI=1S/C46H30/c1-3-13-31(14-4-1)34-27-28-38-35(29-34)25-23-33-24-26-36(30-44(33)38)45-40-19-9-11-21-42(40)46(43-22-12-10-20-41(43)45)39-18-8-7-17-37(39)32-15-5-2-6-16-32/h1-30H. The molecule has 0 fully saturated rings. The summed E-state index contributed by atoms with van der Waals surface area (Å²) in [6, 6.07) is 66.5. The predicted octanol–water partition coefficient (Wildman–Crippen LogP) is 13.0. The smallest absolute Gasteiger partial charge is 0.00201 e. The molecule has 0 saturated heterocycles. The maximum atomic E-state index is 2.41. The van der Waals surface area contributed by atoms with E-state index < -0.39 is 0 Å². The van der Waals surface area contributed by atoms with E-state index >= 15 is 0 Å². The van der Waals surface area contributed by atoms with Crippen molar-refractivity contribution in [2.24, 2.45) is 0 Å². The third kappa shape index (κ3) is 4.30. The van der Waals surface area contributed by atoms with Crippen LogP contribution in [0.4, 0.5) is 0 Å². The minimum atomic E-state index is 1.23. The van der Waals surface area contributed by atoms with Gasteiger partial charge in [-0.1, -0.05) is 170 Å². The Hall–Kier alpha value is -5.98. The molecule has 0 spiro atoms. The molecule has 0 bridgehead atoms. The fraction of sp³-hybridized carbons (Fsp3) is 0. The Morgan fingerprint density at radius 2 is 0.717 bits per heavy atom. The molecule has 46 heavy (non-hydrogen) atoms. The van der Waals surface area contributed by atoms with Gasteiger partial charge >= 0.3 is 0 Å². The lowest BCUT2D eigenvalue weighted by Crippen LogP contribution is -1.92. The molecule has 0 N–H and O–H groups in total. The molecule has 0 heteroatoms. The predicted molar refractivity (Wildman–Crippen MR) is 198 cm³/mol. The number of fused-ring (bicyclic) bond motifs is 5. The Balaban J connectivity index is 1.31. The van der Waals surface area contributed by atoms with Crippen molar-refractivity contribution in [3.8, 4) is 44.5 Å². The van der Waals surface area contributed by atoms with Crippen molar-refractivity contribution in [3.63, 3.8) is 0 Å². The first-order valence-corrected chi connectivity index (χ1v) is 15.9. The van der Waals surface area contributed by atoms with Crippen LogP contribution in [0, 0.1) is 0 Å². The van der Waals surface area contributed by atoms with Gasteiger partial charge in [-0.2, -0.15) is 0 Å². The van der Waals surface area contributed by atoms with Crippen molar-refractivity contribution in [2.45, 2.75) is 0 Å². The van der Waals surface area contributed by atoms with Crippen LogP contribution in [0.1, 0.15) is 0 Å². The molecule has 0 unspecified atom stereocenters. The van der Waals surface area contributed by atoms with Gasteiger partial charge in [-0.05, 0) is 99.7 Å². The Kier molecular flexibility index (Phi) is 6.25. The van der Waals surface area contributed by atoms with E-state index in [9.17, 15) is 0 Å². The average molecular weight is 583 g/mol. The van der Waals surface area contributed by atoms with Crippen LogP contribution in [-0.2, 0) is 0 Å². The van der Waals surface area contributed by atoms with Gasteiger partial charge < -0.3 is 0 Å². The summed E-state index contributed by atoms with van der Waals surface area (Å²) < 4.78 is 0. The van der Waals surface area contributed by atoms with E-state index in [1.54, 1.807) is 0 Å². The van der Waals surface area contributed by atoms with E-state index in [1.807, 2.05) is 0 Å². The highest BCUT2D eigenvalue weighted by molar-refractivity contribution is 6.23. The normalized spacial score (nSPS) is 11.5. The number of rotatable bonds is 4. The lowest BCUT2D eigenvalue weighted by molar-refractivity contribution is 1.61. The molecule has 214 valence electrons. The second-order valence-corrected chi connectivity index (χ2v) is 12.1. The van der Waals surface area contributed by atoms with Crippen LogP contribution in [0.2, 0.25) is 0 Å². The Labute approximate surface area is 268 Å². The fourth-order valence-electron chi connectivity index (χ4n) is 7.33. The van der Waals surface area contributed by atoms with E-state index in [4.69, 9.17) is 0 Å². The van der Waals surface area contributed by atoms with Crippen molar-refractivity contribution >= 4 is 43.1 Å². The third-order valence-electron chi connectivity index (χ3n) is 9.45. The van der Waals surface area contributed by atoms with Crippen molar-refractivity contribution in [1.82, 2.24) is 0 Å². The monoisotopic (exact) mass is 582 g/mol. The van der Waals surface area contributed by atoms with Gasteiger partial charge in [0.15, 0.2) is 0 Å². The van der Waals surface area contributed by atoms with Gasteiger partial charge in [-0.15, -0.1) is 0 Å². The van der Waals surface area contributed by atoms with Crippen LogP contribution in [0.25, 0.3) is 87.6 Å². The molecule has 0 radical (unpaired) electrons. The van der Waals surface area contributed by atoms with Gasteiger partial charge in [0, 0.05) is 0 Å². The zero-order valence-corrected chi connectivity index (χ0v) is 25.3. The van der Waals surface area contributed by atoms with E-state index in [0.717, 1.165) is 0 Å². The maximum absolute atomic E-state index is 2.41. The first-order valence-electron chi connectivity index (χ1n) is 15.9. The molecule has 9 aromatic rings. The number of benzene rings is 9. The maximum Gasteiger partial charge on any atom is -0.00201 e. The van der Waals surface area contributed by atoms with Crippen LogP contribution in [-0.4, -0.2) is 0 Å². The highest BCUT2D eigenvalue weighted by Crippen LogP contribution is 2.46. The largest absolute Gasteiger partial charge is 0.0622 e. The van der Waals surface area contributed by atoms with Crippen LogP contribution >= 0.6 is 0 Å². The number of hydrogen-bond acceptors (Lipinski definition) is 0. The van der Waals surface area contributed by atoms with Gasteiger partial charge in [0.25, 0.3) is 0 Å². The second-order valence-electron chi connectivity index (χ2n) is 12.1. The summed E-state index contributed by atoms with van der Waals surface area (Å²) in [4.78, 5) is 0. The van der Waals surface area contributed by atoms with Gasteiger partial charge in [0.05, 0.1) is 0 Å². The minimum Gasteiger partial charge on any atom is -0.0622 e. The highest BCUT2D eigenvalue weighted by atomic mass is 14.2. The molecule has 0 aromatic heterocycles. The van der Waals surface area contributed by atoms with Gasteiger partial charge in [0.2, 0.25) is 0 Å². The highest BCUT2D eigenvalue weighted by Gasteiger charge is 2.19. The van der Waals surface area contributed by atoms with E-state index in [-0.39, 0.29) is 0 Å². The Morgan fingerprint density at radius 3 is 1.39 bits per heavy atom. The van der Waals surface area contributed by atoms with Crippen molar-refractivity contribution in [2.75, 3.05) is 0 Å².